The van der Waals surface area contributed by atoms with Gasteiger partial charge in [0, 0.05) is 25.3 Å². The van der Waals surface area contributed by atoms with Crippen molar-refractivity contribution in [2.75, 3.05) is 31.1 Å². The van der Waals surface area contributed by atoms with Crippen LogP contribution < -0.4 is 10.2 Å². The second kappa shape index (κ2) is 7.33. The van der Waals surface area contributed by atoms with Crippen molar-refractivity contribution in [2.45, 2.75) is 33.6 Å². The van der Waals surface area contributed by atoms with Crippen LogP contribution in [0.2, 0.25) is 0 Å². The highest BCUT2D eigenvalue weighted by Crippen LogP contribution is 2.19. The Morgan fingerprint density at radius 2 is 1.76 bits per heavy atom. The fourth-order valence-corrected chi connectivity index (χ4v) is 1.93. The summed E-state index contributed by atoms with van der Waals surface area (Å²) in [6.07, 6.45) is 0. The molecule has 2 heteroatoms. The molecule has 2 nitrogen and oxygen atoms in total. The van der Waals surface area contributed by atoms with Crippen LogP contribution in [-0.2, 0) is 0 Å². The van der Waals surface area contributed by atoms with Crippen LogP contribution in [0.5, 0.6) is 0 Å². The maximum atomic E-state index is 3.37. The molecule has 0 spiro atoms. The van der Waals surface area contributed by atoms with E-state index >= 15 is 0 Å². The molecule has 0 atom stereocenters. The van der Waals surface area contributed by atoms with Crippen LogP contribution in [0, 0.1) is 0 Å². The standard InChI is InChI=1S/C15H26N2/c1-5-16-11-12-17(6-2)15-9-7-14(8-10-15)13(3)4/h7-10,13,16H,5-6,11-12H2,1-4H3. The largest absolute Gasteiger partial charge is 0.371 e. The molecule has 0 aromatic heterocycles. The van der Waals surface area contributed by atoms with Gasteiger partial charge in [-0.2, -0.15) is 0 Å². The Balaban J connectivity index is 2.62. The van der Waals surface area contributed by atoms with Crippen molar-refractivity contribution >= 4 is 5.69 Å². The third kappa shape index (κ3) is 4.39. The lowest BCUT2D eigenvalue weighted by molar-refractivity contribution is 0.688. The zero-order valence-electron chi connectivity index (χ0n) is 11.7. The smallest absolute Gasteiger partial charge is 0.0366 e. The highest BCUT2D eigenvalue weighted by molar-refractivity contribution is 5.47. The minimum absolute atomic E-state index is 0.612. The van der Waals surface area contributed by atoms with Crippen molar-refractivity contribution < 1.29 is 0 Å². The highest BCUT2D eigenvalue weighted by atomic mass is 15.1. The molecule has 0 aliphatic carbocycles. The molecule has 0 radical (unpaired) electrons. The predicted molar refractivity (Wildman–Crippen MR) is 77.0 cm³/mol. The number of likely N-dealkylation sites (N-methyl/N-ethyl adjacent to an activating group) is 2. The van der Waals surface area contributed by atoms with Gasteiger partial charge in [0.15, 0.2) is 0 Å². The zero-order chi connectivity index (χ0) is 12.7. The first-order valence-corrected chi connectivity index (χ1v) is 6.74. The van der Waals surface area contributed by atoms with Crippen LogP contribution in [0.3, 0.4) is 0 Å². The molecule has 0 heterocycles. The normalized spacial score (nSPS) is 10.9. The predicted octanol–water partition coefficient (Wildman–Crippen LogP) is 3.25. The van der Waals surface area contributed by atoms with Gasteiger partial charge in [-0.05, 0) is 37.1 Å². The summed E-state index contributed by atoms with van der Waals surface area (Å²) in [5.41, 5.74) is 2.74. The van der Waals surface area contributed by atoms with Gasteiger partial charge in [0.2, 0.25) is 0 Å². The third-order valence-electron chi connectivity index (χ3n) is 3.12. The number of nitrogens with zero attached hydrogens (tertiary/aromatic N) is 1. The monoisotopic (exact) mass is 234 g/mol. The van der Waals surface area contributed by atoms with Gasteiger partial charge >= 0.3 is 0 Å². The number of hydrogen-bond acceptors (Lipinski definition) is 2. The maximum Gasteiger partial charge on any atom is 0.0366 e. The molecule has 0 saturated carbocycles. The lowest BCUT2D eigenvalue weighted by Crippen LogP contribution is -2.31. The molecule has 17 heavy (non-hydrogen) atoms. The van der Waals surface area contributed by atoms with E-state index in [1.54, 1.807) is 0 Å². The van der Waals surface area contributed by atoms with Gasteiger partial charge in [-0.1, -0.05) is 32.9 Å². The molecule has 1 rings (SSSR count). The van der Waals surface area contributed by atoms with Gasteiger partial charge in [-0.25, -0.2) is 0 Å². The maximum absolute atomic E-state index is 3.37. The van der Waals surface area contributed by atoms with Gasteiger partial charge in [0.1, 0.15) is 0 Å². The minimum atomic E-state index is 0.612. The first-order chi connectivity index (χ1) is 8.19. The van der Waals surface area contributed by atoms with Gasteiger partial charge in [-0.3, -0.25) is 0 Å². The summed E-state index contributed by atoms with van der Waals surface area (Å²) >= 11 is 0. The summed E-state index contributed by atoms with van der Waals surface area (Å²) in [4.78, 5) is 2.41. The van der Waals surface area contributed by atoms with E-state index in [1.807, 2.05) is 0 Å². The number of rotatable bonds is 7. The van der Waals surface area contributed by atoms with Crippen molar-refractivity contribution in [1.82, 2.24) is 5.32 Å². The summed E-state index contributed by atoms with van der Waals surface area (Å²) in [5, 5.41) is 3.37. The Bertz CT molecular complexity index is 303. The Hall–Kier alpha value is -1.02. The SMILES string of the molecule is CCNCCN(CC)c1ccc(C(C)C)cc1. The molecular formula is C15H26N2. The van der Waals surface area contributed by atoms with Gasteiger partial charge in [0.05, 0.1) is 0 Å². The van der Waals surface area contributed by atoms with Crippen molar-refractivity contribution in [1.29, 1.82) is 0 Å². The number of hydrogen-bond donors (Lipinski definition) is 1. The molecule has 0 unspecified atom stereocenters. The lowest BCUT2D eigenvalue weighted by atomic mass is 10.0. The molecule has 1 aromatic rings. The molecule has 0 aliphatic rings. The van der Waals surface area contributed by atoms with E-state index in [-0.39, 0.29) is 0 Å². The fraction of sp³-hybridized carbons (Fsp3) is 0.600. The van der Waals surface area contributed by atoms with E-state index in [0.717, 1.165) is 26.2 Å². The average Bonchev–Trinajstić information content (AvgIpc) is 2.35. The molecule has 96 valence electrons. The summed E-state index contributed by atoms with van der Waals surface area (Å²) in [5.74, 6) is 0.612. The van der Waals surface area contributed by atoms with Crippen molar-refractivity contribution in [3.8, 4) is 0 Å². The quantitative estimate of drug-likeness (QED) is 0.729. The molecule has 0 saturated heterocycles. The van der Waals surface area contributed by atoms with E-state index < -0.39 is 0 Å². The number of nitrogens with one attached hydrogen (secondary N) is 1. The minimum Gasteiger partial charge on any atom is -0.371 e. The first-order valence-electron chi connectivity index (χ1n) is 6.74. The first kappa shape index (κ1) is 14.0. The Kier molecular flexibility index (Phi) is 6.06. The molecular weight excluding hydrogens is 208 g/mol. The van der Waals surface area contributed by atoms with Crippen LogP contribution in [0.4, 0.5) is 5.69 Å². The highest BCUT2D eigenvalue weighted by Gasteiger charge is 2.04. The Morgan fingerprint density at radius 3 is 2.24 bits per heavy atom. The van der Waals surface area contributed by atoms with Gasteiger partial charge in [-0.15, -0.1) is 0 Å². The van der Waals surface area contributed by atoms with E-state index in [2.05, 4.69) is 62.2 Å². The van der Waals surface area contributed by atoms with Crippen molar-refractivity contribution in [3.63, 3.8) is 0 Å². The molecule has 0 amide bonds. The van der Waals surface area contributed by atoms with Crippen molar-refractivity contribution in [2.24, 2.45) is 0 Å². The number of anilines is 1. The van der Waals surface area contributed by atoms with Crippen LogP contribution >= 0.6 is 0 Å². The van der Waals surface area contributed by atoms with Gasteiger partial charge < -0.3 is 10.2 Å². The van der Waals surface area contributed by atoms with Crippen LogP contribution in [0.15, 0.2) is 24.3 Å². The van der Waals surface area contributed by atoms with Gasteiger partial charge in [0.25, 0.3) is 0 Å². The topological polar surface area (TPSA) is 15.3 Å². The molecule has 1 aromatic carbocycles. The fourth-order valence-electron chi connectivity index (χ4n) is 1.93. The van der Waals surface area contributed by atoms with Crippen LogP contribution in [0.25, 0.3) is 0 Å². The average molecular weight is 234 g/mol. The van der Waals surface area contributed by atoms with Crippen molar-refractivity contribution in [3.05, 3.63) is 29.8 Å². The lowest BCUT2D eigenvalue weighted by Gasteiger charge is -2.23. The molecule has 0 bridgehead atoms. The molecule has 0 aliphatic heterocycles. The molecule has 0 fully saturated rings. The molecule has 1 N–H and O–H groups in total. The summed E-state index contributed by atoms with van der Waals surface area (Å²) in [6, 6.07) is 8.97. The van der Waals surface area contributed by atoms with E-state index in [1.165, 1.54) is 11.3 Å². The second-order valence-electron chi connectivity index (χ2n) is 4.68. The Morgan fingerprint density at radius 1 is 1.12 bits per heavy atom. The van der Waals surface area contributed by atoms with Crippen LogP contribution in [0.1, 0.15) is 39.2 Å². The summed E-state index contributed by atoms with van der Waals surface area (Å²) in [7, 11) is 0. The van der Waals surface area contributed by atoms with Crippen LogP contribution in [-0.4, -0.2) is 26.2 Å². The zero-order valence-corrected chi connectivity index (χ0v) is 11.7. The summed E-state index contributed by atoms with van der Waals surface area (Å²) < 4.78 is 0. The van der Waals surface area contributed by atoms with E-state index in [9.17, 15) is 0 Å². The Labute approximate surface area is 106 Å². The number of benzene rings is 1. The summed E-state index contributed by atoms with van der Waals surface area (Å²) in [6.45, 7) is 13.1. The van der Waals surface area contributed by atoms with E-state index in [4.69, 9.17) is 0 Å². The second-order valence-corrected chi connectivity index (χ2v) is 4.68. The van der Waals surface area contributed by atoms with E-state index in [0.29, 0.717) is 5.92 Å². The third-order valence-corrected chi connectivity index (χ3v) is 3.12.